The normalized spacial score (nSPS) is 23.5. The first-order valence-corrected chi connectivity index (χ1v) is 10.5. The number of sulfone groups is 1. The van der Waals surface area contributed by atoms with E-state index >= 15 is 0 Å². The third-order valence-electron chi connectivity index (χ3n) is 5.66. The quantitative estimate of drug-likeness (QED) is 0.687. The lowest BCUT2D eigenvalue weighted by molar-refractivity contribution is 0.325. The highest BCUT2D eigenvalue weighted by atomic mass is 32.2. The summed E-state index contributed by atoms with van der Waals surface area (Å²) in [4.78, 5) is 2.73. The summed E-state index contributed by atoms with van der Waals surface area (Å²) >= 11 is 0. The highest BCUT2D eigenvalue weighted by Crippen LogP contribution is 2.46. The van der Waals surface area contributed by atoms with Crippen LogP contribution in [0.25, 0.3) is 11.1 Å². The largest absolute Gasteiger partial charge is 0.297 e. The van der Waals surface area contributed by atoms with Crippen molar-refractivity contribution < 1.29 is 8.42 Å². The van der Waals surface area contributed by atoms with E-state index < -0.39 is 9.84 Å². The van der Waals surface area contributed by atoms with Gasteiger partial charge in [-0.3, -0.25) is 14.3 Å². The molecule has 0 N–H and O–H groups in total. The van der Waals surface area contributed by atoms with Gasteiger partial charge in [0.1, 0.15) is 0 Å². The van der Waals surface area contributed by atoms with Crippen LogP contribution in [-0.4, -0.2) is 51.2 Å². The molecule has 0 bridgehead atoms. The standard InChI is InChI=1S/C19H21N5O2S/c1-22-8-13(6-20-22)9-24-11-17-16-5-14(15-7-21-23(2)10-15)3-4-18(16)27(25,26)19(17)12-24/h3-8,10,17,19H,9,11-12H2,1-2H3/t17-,19+/m0/s1. The summed E-state index contributed by atoms with van der Waals surface area (Å²) in [6.07, 6.45) is 7.59. The molecular formula is C19H21N5O2S. The van der Waals surface area contributed by atoms with Crippen LogP contribution in [0.2, 0.25) is 0 Å². The first kappa shape index (κ1) is 16.7. The molecule has 5 rings (SSSR count). The van der Waals surface area contributed by atoms with Crippen LogP contribution in [0.1, 0.15) is 17.0 Å². The second kappa shape index (κ2) is 5.77. The summed E-state index contributed by atoms with van der Waals surface area (Å²) < 4.78 is 29.7. The Kier molecular flexibility index (Phi) is 3.57. The third kappa shape index (κ3) is 2.62. The zero-order valence-corrected chi connectivity index (χ0v) is 16.1. The lowest BCUT2D eigenvalue weighted by Gasteiger charge is -2.16. The molecule has 2 aliphatic rings. The first-order chi connectivity index (χ1) is 12.9. The highest BCUT2D eigenvalue weighted by molar-refractivity contribution is 7.92. The van der Waals surface area contributed by atoms with Crippen LogP contribution in [-0.2, 0) is 30.5 Å². The molecule has 0 unspecified atom stereocenters. The van der Waals surface area contributed by atoms with Crippen molar-refractivity contribution in [3.8, 4) is 11.1 Å². The summed E-state index contributed by atoms with van der Waals surface area (Å²) in [7, 11) is 0.491. The minimum absolute atomic E-state index is 0.0262. The predicted octanol–water partition coefficient (Wildman–Crippen LogP) is 1.58. The maximum atomic E-state index is 13.1. The molecule has 7 nitrogen and oxygen atoms in total. The summed E-state index contributed by atoms with van der Waals surface area (Å²) in [5.41, 5.74) is 4.09. The number of aryl methyl sites for hydroxylation is 2. The molecule has 1 saturated heterocycles. The number of likely N-dealkylation sites (tertiary alicyclic amines) is 1. The van der Waals surface area contributed by atoms with Gasteiger partial charge in [-0.1, -0.05) is 6.07 Å². The number of aromatic nitrogens is 4. The lowest BCUT2D eigenvalue weighted by Crippen LogP contribution is -2.25. The molecular weight excluding hydrogens is 362 g/mol. The molecule has 1 aromatic carbocycles. The topological polar surface area (TPSA) is 73.0 Å². The van der Waals surface area contributed by atoms with Gasteiger partial charge in [-0.05, 0) is 23.3 Å². The van der Waals surface area contributed by atoms with Crippen LogP contribution in [0.3, 0.4) is 0 Å². The maximum Gasteiger partial charge on any atom is 0.183 e. The van der Waals surface area contributed by atoms with E-state index in [-0.39, 0.29) is 11.2 Å². The number of rotatable bonds is 3. The lowest BCUT2D eigenvalue weighted by atomic mass is 9.95. The summed E-state index contributed by atoms with van der Waals surface area (Å²) in [6, 6.07) is 5.71. The van der Waals surface area contributed by atoms with E-state index in [2.05, 4.69) is 15.1 Å². The SMILES string of the molecule is Cn1cc(CN2C[C@@H]3[C@@H](C2)c2cc(-c4cnn(C)c4)ccc2S3(=O)=O)cn1. The molecule has 2 aliphatic heterocycles. The van der Waals surface area contributed by atoms with Crippen molar-refractivity contribution in [2.45, 2.75) is 22.6 Å². The van der Waals surface area contributed by atoms with Crippen LogP contribution in [0.4, 0.5) is 0 Å². The van der Waals surface area contributed by atoms with Gasteiger partial charge in [0.15, 0.2) is 9.84 Å². The van der Waals surface area contributed by atoms with E-state index in [0.717, 1.165) is 35.3 Å². The first-order valence-electron chi connectivity index (χ1n) is 8.98. The van der Waals surface area contributed by atoms with Crippen molar-refractivity contribution in [2.75, 3.05) is 13.1 Å². The third-order valence-corrected chi connectivity index (χ3v) is 7.92. The smallest absolute Gasteiger partial charge is 0.183 e. The zero-order valence-electron chi connectivity index (χ0n) is 15.3. The molecule has 140 valence electrons. The molecule has 1 fully saturated rings. The molecule has 8 heteroatoms. The number of hydrogen-bond acceptors (Lipinski definition) is 5. The fourth-order valence-corrected chi connectivity index (χ4v) is 6.61. The van der Waals surface area contributed by atoms with E-state index in [9.17, 15) is 8.42 Å². The molecule has 3 aromatic rings. The number of hydrogen-bond donors (Lipinski definition) is 0. The van der Waals surface area contributed by atoms with Crippen molar-refractivity contribution in [1.29, 1.82) is 0 Å². The van der Waals surface area contributed by atoms with E-state index in [1.807, 2.05) is 51.0 Å². The van der Waals surface area contributed by atoms with Gasteiger partial charge >= 0.3 is 0 Å². The van der Waals surface area contributed by atoms with Crippen molar-refractivity contribution in [1.82, 2.24) is 24.5 Å². The molecule has 0 amide bonds. The second-order valence-electron chi connectivity index (χ2n) is 7.56. The fraction of sp³-hybridized carbons (Fsp3) is 0.368. The van der Waals surface area contributed by atoms with Gasteiger partial charge < -0.3 is 0 Å². The van der Waals surface area contributed by atoms with Crippen LogP contribution in [0.15, 0.2) is 47.9 Å². The van der Waals surface area contributed by atoms with E-state index in [1.54, 1.807) is 15.4 Å². The molecule has 27 heavy (non-hydrogen) atoms. The molecule has 4 heterocycles. The van der Waals surface area contributed by atoms with E-state index in [4.69, 9.17) is 0 Å². The van der Waals surface area contributed by atoms with Gasteiger partial charge in [0.2, 0.25) is 0 Å². The van der Waals surface area contributed by atoms with Gasteiger partial charge in [-0.25, -0.2) is 8.42 Å². The Balaban J connectivity index is 1.48. The Hall–Kier alpha value is -2.45. The molecule has 0 radical (unpaired) electrons. The molecule has 0 aliphatic carbocycles. The average Bonchev–Trinajstić information content (AvgIpc) is 3.37. The van der Waals surface area contributed by atoms with E-state index in [1.165, 1.54) is 0 Å². The Bertz CT molecular complexity index is 1130. The maximum absolute atomic E-state index is 13.1. The molecule has 0 saturated carbocycles. The Morgan fingerprint density at radius 3 is 2.52 bits per heavy atom. The molecule has 0 spiro atoms. The van der Waals surface area contributed by atoms with Gasteiger partial charge in [0.25, 0.3) is 0 Å². The summed E-state index contributed by atoms with van der Waals surface area (Å²) in [6.45, 7) is 2.05. The minimum Gasteiger partial charge on any atom is -0.297 e. The van der Waals surface area contributed by atoms with Crippen LogP contribution >= 0.6 is 0 Å². The average molecular weight is 383 g/mol. The zero-order chi connectivity index (χ0) is 18.8. The number of nitrogens with zero attached hydrogens (tertiary/aromatic N) is 5. The molecule has 2 aromatic heterocycles. The number of benzene rings is 1. The van der Waals surface area contributed by atoms with Gasteiger partial charge in [0.05, 0.1) is 22.5 Å². The summed E-state index contributed by atoms with van der Waals surface area (Å²) in [5.74, 6) is 0.0262. The Labute approximate surface area is 158 Å². The monoisotopic (exact) mass is 383 g/mol. The Morgan fingerprint density at radius 2 is 1.81 bits per heavy atom. The van der Waals surface area contributed by atoms with Crippen molar-refractivity contribution in [3.05, 3.63) is 54.1 Å². The van der Waals surface area contributed by atoms with Crippen LogP contribution in [0, 0.1) is 0 Å². The Morgan fingerprint density at radius 1 is 1.04 bits per heavy atom. The van der Waals surface area contributed by atoms with Crippen LogP contribution < -0.4 is 0 Å². The van der Waals surface area contributed by atoms with Gasteiger partial charge in [0, 0.05) is 63.2 Å². The van der Waals surface area contributed by atoms with E-state index in [0.29, 0.717) is 11.4 Å². The predicted molar refractivity (Wildman–Crippen MR) is 101 cm³/mol. The highest BCUT2D eigenvalue weighted by Gasteiger charge is 2.50. The molecule has 2 atom stereocenters. The van der Waals surface area contributed by atoms with Crippen molar-refractivity contribution in [2.24, 2.45) is 14.1 Å². The summed E-state index contributed by atoms with van der Waals surface area (Å²) in [5, 5.41) is 8.08. The van der Waals surface area contributed by atoms with Gasteiger partial charge in [-0.15, -0.1) is 0 Å². The van der Waals surface area contributed by atoms with Crippen molar-refractivity contribution >= 4 is 9.84 Å². The number of fused-ring (bicyclic) bond motifs is 3. The minimum atomic E-state index is -3.28. The van der Waals surface area contributed by atoms with Crippen molar-refractivity contribution in [3.63, 3.8) is 0 Å². The second-order valence-corrected chi connectivity index (χ2v) is 9.70. The fourth-order valence-electron chi connectivity index (χ4n) is 4.42. The van der Waals surface area contributed by atoms with Gasteiger partial charge in [-0.2, -0.15) is 10.2 Å². The van der Waals surface area contributed by atoms with Crippen LogP contribution in [0.5, 0.6) is 0 Å².